The van der Waals surface area contributed by atoms with E-state index in [1.807, 2.05) is 18.2 Å². The molecule has 0 saturated heterocycles. The van der Waals surface area contributed by atoms with Crippen molar-refractivity contribution in [3.63, 3.8) is 0 Å². The highest BCUT2D eigenvalue weighted by molar-refractivity contribution is 7.07. The van der Waals surface area contributed by atoms with Crippen LogP contribution in [-0.4, -0.2) is 23.2 Å². The van der Waals surface area contributed by atoms with Gasteiger partial charge in [0.05, 0.1) is 27.9 Å². The van der Waals surface area contributed by atoms with Crippen LogP contribution in [0, 0.1) is 12.3 Å². The number of halogens is 1. The van der Waals surface area contributed by atoms with Gasteiger partial charge in [0.15, 0.2) is 4.80 Å². The number of hydrogen-bond donors (Lipinski definition) is 0. The second-order valence-electron chi connectivity index (χ2n) is 8.12. The fourth-order valence-corrected chi connectivity index (χ4v) is 4.98. The Hall–Kier alpha value is -3.60. The highest BCUT2D eigenvalue weighted by atomic mass is 35.5. The highest BCUT2D eigenvalue weighted by Crippen LogP contribution is 2.31. The second kappa shape index (κ2) is 10.3. The van der Waals surface area contributed by atoms with Crippen LogP contribution >= 0.6 is 22.9 Å². The molecule has 0 aliphatic carbocycles. The minimum Gasteiger partial charge on any atom is -0.480 e. The van der Waals surface area contributed by atoms with Gasteiger partial charge in [-0.3, -0.25) is 9.36 Å². The largest absolute Gasteiger partial charge is 0.480 e. The molecule has 2 aromatic carbocycles. The number of carbonyl (C=O) groups is 1. The molecular weight excluding hydrogens is 484 g/mol. The summed E-state index contributed by atoms with van der Waals surface area (Å²) >= 11 is 7.35. The topological polar surface area (TPSA) is 69.9 Å². The third kappa shape index (κ3) is 5.09. The molecule has 3 aromatic rings. The number of esters is 1. The van der Waals surface area contributed by atoms with Crippen molar-refractivity contribution in [3.05, 3.63) is 95.6 Å². The van der Waals surface area contributed by atoms with Gasteiger partial charge < -0.3 is 9.47 Å². The quantitative estimate of drug-likeness (QED) is 0.376. The summed E-state index contributed by atoms with van der Waals surface area (Å²) in [5, 5.41) is 0.553. The van der Waals surface area contributed by atoms with E-state index in [0.29, 0.717) is 36.9 Å². The lowest BCUT2D eigenvalue weighted by Crippen LogP contribution is -2.40. The predicted molar refractivity (Wildman–Crippen MR) is 137 cm³/mol. The molecule has 178 valence electrons. The van der Waals surface area contributed by atoms with E-state index in [-0.39, 0.29) is 18.3 Å². The summed E-state index contributed by atoms with van der Waals surface area (Å²) in [7, 11) is 0. The second-order valence-corrected chi connectivity index (χ2v) is 9.56. The molecule has 1 aromatic heterocycles. The van der Waals surface area contributed by atoms with E-state index in [4.69, 9.17) is 27.5 Å². The van der Waals surface area contributed by atoms with Crippen LogP contribution in [0.2, 0.25) is 5.02 Å². The number of thiazole rings is 1. The molecule has 1 atom stereocenters. The Bertz CT molecular complexity index is 1520. The van der Waals surface area contributed by atoms with Gasteiger partial charge in [-0.05, 0) is 50.6 Å². The van der Waals surface area contributed by atoms with Crippen LogP contribution in [0.15, 0.2) is 69.6 Å². The molecule has 4 rings (SSSR count). The third-order valence-corrected chi connectivity index (χ3v) is 6.52. The SMILES string of the molecule is C#CCOc1ccccc1/C=c1\sc2n(c1=O)[C@@H](c1ccc(Cl)cc1)C(C(=O)OC(C)C)=C(C)N=2. The maximum absolute atomic E-state index is 13.7. The van der Waals surface area contributed by atoms with Crippen molar-refractivity contribution < 1.29 is 14.3 Å². The first kappa shape index (κ1) is 24.5. The van der Waals surface area contributed by atoms with Gasteiger partial charge >= 0.3 is 5.97 Å². The maximum Gasteiger partial charge on any atom is 0.338 e. The number of ether oxygens (including phenoxy) is 2. The standard InChI is InChI=1S/C27H23ClN2O4S/c1-5-14-33-21-9-7-6-8-19(21)15-22-25(31)30-24(18-10-12-20(28)13-11-18)23(26(32)34-16(2)3)17(4)29-27(30)35-22/h1,6-13,15-16,24H,14H2,2-4H3/b22-15-/t24-/m0/s1. The molecule has 0 spiro atoms. The molecule has 8 heteroatoms. The number of rotatable bonds is 6. The van der Waals surface area contributed by atoms with Crippen molar-refractivity contribution in [2.75, 3.05) is 6.61 Å². The van der Waals surface area contributed by atoms with Gasteiger partial charge in [-0.15, -0.1) is 6.42 Å². The Kier molecular flexibility index (Phi) is 7.25. The minimum absolute atomic E-state index is 0.114. The average Bonchev–Trinajstić information content (AvgIpc) is 3.12. The van der Waals surface area contributed by atoms with Crippen LogP contribution in [0.5, 0.6) is 5.75 Å². The van der Waals surface area contributed by atoms with Gasteiger partial charge in [0.25, 0.3) is 5.56 Å². The number of terminal acetylenes is 1. The van der Waals surface area contributed by atoms with Crippen LogP contribution in [0.3, 0.4) is 0 Å². The number of aromatic nitrogens is 1. The van der Waals surface area contributed by atoms with Gasteiger partial charge in [-0.2, -0.15) is 0 Å². The Morgan fingerprint density at radius 3 is 2.66 bits per heavy atom. The number of allylic oxidation sites excluding steroid dienone is 1. The zero-order chi connectivity index (χ0) is 25.1. The van der Waals surface area contributed by atoms with Gasteiger partial charge in [-0.25, -0.2) is 9.79 Å². The van der Waals surface area contributed by atoms with E-state index in [0.717, 1.165) is 5.56 Å². The summed E-state index contributed by atoms with van der Waals surface area (Å²) in [4.78, 5) is 31.9. The van der Waals surface area contributed by atoms with Crippen LogP contribution in [0.1, 0.15) is 37.9 Å². The summed E-state index contributed by atoms with van der Waals surface area (Å²) in [5.41, 5.74) is 1.98. The van der Waals surface area contributed by atoms with Crippen molar-refractivity contribution in [3.8, 4) is 18.1 Å². The predicted octanol–water partition coefficient (Wildman–Crippen LogP) is 3.85. The molecule has 35 heavy (non-hydrogen) atoms. The molecule has 0 unspecified atom stereocenters. The van der Waals surface area contributed by atoms with Crippen molar-refractivity contribution in [1.29, 1.82) is 0 Å². The molecule has 0 amide bonds. The normalized spacial score (nSPS) is 15.4. The number of fused-ring (bicyclic) bond motifs is 1. The molecule has 0 radical (unpaired) electrons. The number of nitrogens with zero attached hydrogens (tertiary/aromatic N) is 2. The van der Waals surface area contributed by atoms with Crippen LogP contribution < -0.4 is 19.6 Å². The third-order valence-electron chi connectivity index (χ3n) is 5.29. The lowest BCUT2D eigenvalue weighted by Gasteiger charge is -2.25. The van der Waals surface area contributed by atoms with E-state index in [2.05, 4.69) is 10.9 Å². The number of benzene rings is 2. The number of para-hydroxylation sites is 1. The fourth-order valence-electron chi connectivity index (χ4n) is 3.81. The summed E-state index contributed by atoms with van der Waals surface area (Å²) in [5.74, 6) is 2.51. The molecule has 0 saturated carbocycles. The first-order valence-corrected chi connectivity index (χ1v) is 12.1. The molecule has 0 fully saturated rings. The van der Waals surface area contributed by atoms with Gasteiger partial charge in [-0.1, -0.05) is 59.2 Å². The molecule has 6 nitrogen and oxygen atoms in total. The summed E-state index contributed by atoms with van der Waals surface area (Å²) in [6.07, 6.45) is 6.76. The summed E-state index contributed by atoms with van der Waals surface area (Å²) in [6.45, 7) is 5.42. The Labute approximate surface area is 211 Å². The number of hydrogen-bond acceptors (Lipinski definition) is 6. The van der Waals surface area contributed by atoms with Crippen molar-refractivity contribution in [2.45, 2.75) is 32.9 Å². The van der Waals surface area contributed by atoms with E-state index in [9.17, 15) is 9.59 Å². The lowest BCUT2D eigenvalue weighted by atomic mass is 9.96. The van der Waals surface area contributed by atoms with Crippen LogP contribution in [0.25, 0.3) is 6.08 Å². The Morgan fingerprint density at radius 1 is 1.26 bits per heavy atom. The van der Waals surface area contributed by atoms with E-state index in [1.165, 1.54) is 15.9 Å². The fraction of sp³-hybridized carbons (Fsp3) is 0.222. The first-order chi connectivity index (χ1) is 16.8. The maximum atomic E-state index is 13.7. The zero-order valence-corrected chi connectivity index (χ0v) is 21.0. The summed E-state index contributed by atoms with van der Waals surface area (Å²) in [6, 6.07) is 13.7. The molecule has 0 bridgehead atoms. The highest BCUT2D eigenvalue weighted by Gasteiger charge is 2.33. The Balaban J connectivity index is 1.92. The summed E-state index contributed by atoms with van der Waals surface area (Å²) < 4.78 is 13.1. The first-order valence-electron chi connectivity index (χ1n) is 10.9. The van der Waals surface area contributed by atoms with E-state index in [1.54, 1.807) is 57.2 Å². The average molecular weight is 507 g/mol. The van der Waals surface area contributed by atoms with Crippen LogP contribution in [-0.2, 0) is 9.53 Å². The molecule has 1 aliphatic rings. The minimum atomic E-state index is -0.704. The monoisotopic (exact) mass is 506 g/mol. The molecule has 0 N–H and O–H groups in total. The molecular formula is C27H23ClN2O4S. The van der Waals surface area contributed by atoms with E-state index < -0.39 is 12.0 Å². The van der Waals surface area contributed by atoms with Crippen molar-refractivity contribution >= 4 is 35.0 Å². The van der Waals surface area contributed by atoms with Gasteiger partial charge in [0.2, 0.25) is 0 Å². The van der Waals surface area contributed by atoms with Gasteiger partial charge in [0, 0.05) is 10.6 Å². The van der Waals surface area contributed by atoms with Crippen molar-refractivity contribution in [2.24, 2.45) is 4.99 Å². The zero-order valence-electron chi connectivity index (χ0n) is 19.4. The molecule has 2 heterocycles. The van der Waals surface area contributed by atoms with Crippen molar-refractivity contribution in [1.82, 2.24) is 4.57 Å². The van der Waals surface area contributed by atoms with Gasteiger partial charge in [0.1, 0.15) is 12.4 Å². The van der Waals surface area contributed by atoms with Crippen LogP contribution in [0.4, 0.5) is 0 Å². The Morgan fingerprint density at radius 2 is 1.97 bits per heavy atom. The molecule has 1 aliphatic heterocycles. The lowest BCUT2D eigenvalue weighted by molar-refractivity contribution is -0.143. The smallest absolute Gasteiger partial charge is 0.338 e. The van der Waals surface area contributed by atoms with E-state index >= 15 is 0 Å². The number of carbonyl (C=O) groups excluding carboxylic acids is 1.